The fourth-order valence-corrected chi connectivity index (χ4v) is 6.43. The van der Waals surface area contributed by atoms with Crippen LogP contribution in [0.3, 0.4) is 0 Å². The molecular formula is C22H21ClFN3O3S2. The molecule has 1 aromatic heterocycles. The highest BCUT2D eigenvalue weighted by Gasteiger charge is 2.32. The molecule has 1 amide bonds. The zero-order valence-electron chi connectivity index (χ0n) is 17.2. The standard InChI is InChI=1S/C22H21ClFN3O3S2/c1-15-5-6-17(14-19(15)24)25-22(28)21-20(7-12-31-21)32(29,30)27-10-8-26(9-11-27)18-4-2-3-16(23)13-18/h2-7,12-14H,8-11H2,1H3,(H,25,28). The van der Waals surface area contributed by atoms with Crippen LogP contribution in [0.15, 0.2) is 58.8 Å². The number of carbonyl (C=O) groups is 1. The van der Waals surface area contributed by atoms with E-state index in [2.05, 4.69) is 10.2 Å². The first-order valence-electron chi connectivity index (χ1n) is 9.91. The van der Waals surface area contributed by atoms with Gasteiger partial charge in [-0.25, -0.2) is 12.8 Å². The van der Waals surface area contributed by atoms with Crippen molar-refractivity contribution in [3.8, 4) is 0 Å². The highest BCUT2D eigenvalue weighted by Crippen LogP contribution is 2.28. The Morgan fingerprint density at radius 1 is 1.09 bits per heavy atom. The largest absolute Gasteiger partial charge is 0.369 e. The number of thiophene rings is 1. The first kappa shape index (κ1) is 22.7. The highest BCUT2D eigenvalue weighted by atomic mass is 35.5. The summed E-state index contributed by atoms with van der Waals surface area (Å²) in [5, 5.41) is 4.78. The first-order valence-corrected chi connectivity index (χ1v) is 12.6. The van der Waals surface area contributed by atoms with E-state index in [9.17, 15) is 17.6 Å². The minimum absolute atomic E-state index is 0.0382. The van der Waals surface area contributed by atoms with E-state index in [1.54, 1.807) is 30.5 Å². The Labute approximate surface area is 195 Å². The maximum absolute atomic E-state index is 13.8. The third kappa shape index (κ3) is 4.66. The van der Waals surface area contributed by atoms with Crippen LogP contribution in [0.4, 0.5) is 15.8 Å². The van der Waals surface area contributed by atoms with Crippen LogP contribution >= 0.6 is 22.9 Å². The zero-order chi connectivity index (χ0) is 22.9. The van der Waals surface area contributed by atoms with Gasteiger partial charge in [0, 0.05) is 42.6 Å². The molecule has 1 fully saturated rings. The van der Waals surface area contributed by atoms with Crippen molar-refractivity contribution >= 4 is 50.2 Å². The monoisotopic (exact) mass is 493 g/mol. The van der Waals surface area contributed by atoms with Crippen molar-refractivity contribution in [2.45, 2.75) is 11.8 Å². The molecule has 3 aromatic rings. The molecule has 168 valence electrons. The number of benzene rings is 2. The Balaban J connectivity index is 1.49. The van der Waals surface area contributed by atoms with Crippen molar-refractivity contribution < 1.29 is 17.6 Å². The van der Waals surface area contributed by atoms with Crippen molar-refractivity contribution in [1.29, 1.82) is 0 Å². The Hall–Kier alpha value is -2.46. The van der Waals surface area contributed by atoms with Gasteiger partial charge in [-0.1, -0.05) is 23.7 Å². The van der Waals surface area contributed by atoms with Crippen LogP contribution in [0.1, 0.15) is 15.2 Å². The molecule has 0 spiro atoms. The van der Waals surface area contributed by atoms with Crippen LogP contribution in [0.5, 0.6) is 0 Å². The number of amides is 1. The van der Waals surface area contributed by atoms with Crippen LogP contribution in [-0.4, -0.2) is 44.8 Å². The first-order chi connectivity index (χ1) is 15.3. The average Bonchev–Trinajstić information content (AvgIpc) is 3.28. The van der Waals surface area contributed by atoms with Gasteiger partial charge in [0.15, 0.2) is 0 Å². The molecule has 0 atom stereocenters. The van der Waals surface area contributed by atoms with E-state index in [4.69, 9.17) is 11.6 Å². The second-order valence-corrected chi connectivity index (χ2v) is 10.7. The number of hydrogen-bond donors (Lipinski definition) is 1. The summed E-state index contributed by atoms with van der Waals surface area (Å²) < 4.78 is 41.7. The molecule has 0 unspecified atom stereocenters. The van der Waals surface area contributed by atoms with E-state index in [0.29, 0.717) is 23.7 Å². The lowest BCUT2D eigenvalue weighted by Crippen LogP contribution is -2.48. The number of rotatable bonds is 5. The van der Waals surface area contributed by atoms with Gasteiger partial charge in [-0.2, -0.15) is 4.31 Å². The number of aryl methyl sites for hydroxylation is 1. The molecule has 2 aromatic carbocycles. The van der Waals surface area contributed by atoms with Crippen molar-refractivity contribution in [3.63, 3.8) is 0 Å². The highest BCUT2D eigenvalue weighted by molar-refractivity contribution is 7.89. The third-order valence-electron chi connectivity index (χ3n) is 5.29. The van der Waals surface area contributed by atoms with E-state index in [0.717, 1.165) is 17.0 Å². The van der Waals surface area contributed by atoms with Crippen LogP contribution < -0.4 is 10.2 Å². The molecule has 1 N–H and O–H groups in total. The smallest absolute Gasteiger partial charge is 0.267 e. The number of hydrogen-bond acceptors (Lipinski definition) is 5. The second kappa shape index (κ2) is 9.19. The summed E-state index contributed by atoms with van der Waals surface area (Å²) in [7, 11) is -3.86. The Kier molecular flexibility index (Phi) is 6.52. The topological polar surface area (TPSA) is 69.7 Å². The molecule has 2 heterocycles. The van der Waals surface area contributed by atoms with Crippen LogP contribution in [0.25, 0.3) is 0 Å². The van der Waals surface area contributed by atoms with Crippen LogP contribution in [0.2, 0.25) is 5.02 Å². The summed E-state index contributed by atoms with van der Waals surface area (Å²) in [4.78, 5) is 14.9. The number of piperazine rings is 1. The third-order valence-corrected chi connectivity index (χ3v) is 8.51. The summed E-state index contributed by atoms with van der Waals surface area (Å²) in [5.41, 5.74) is 1.67. The maximum atomic E-state index is 13.8. The predicted octanol–water partition coefficient (Wildman–Crippen LogP) is 4.61. The van der Waals surface area contributed by atoms with Gasteiger partial charge in [-0.15, -0.1) is 11.3 Å². The summed E-state index contributed by atoms with van der Waals surface area (Å²) in [6.07, 6.45) is 0. The van der Waals surface area contributed by atoms with Crippen molar-refractivity contribution in [2.24, 2.45) is 0 Å². The van der Waals surface area contributed by atoms with Crippen molar-refractivity contribution in [3.05, 3.63) is 75.2 Å². The Morgan fingerprint density at radius 2 is 1.84 bits per heavy atom. The van der Waals surface area contributed by atoms with Gasteiger partial charge in [0.2, 0.25) is 10.0 Å². The fourth-order valence-electron chi connectivity index (χ4n) is 3.52. The van der Waals surface area contributed by atoms with Crippen molar-refractivity contribution in [1.82, 2.24) is 4.31 Å². The molecule has 1 aliphatic heterocycles. The quantitative estimate of drug-likeness (QED) is 0.563. The van der Waals surface area contributed by atoms with Crippen LogP contribution in [0, 0.1) is 12.7 Å². The minimum atomic E-state index is -3.86. The summed E-state index contributed by atoms with van der Waals surface area (Å²) >= 11 is 7.10. The molecule has 6 nitrogen and oxygen atoms in total. The normalized spacial score (nSPS) is 15.0. The molecular weight excluding hydrogens is 473 g/mol. The Bertz CT molecular complexity index is 1250. The lowest BCUT2D eigenvalue weighted by molar-refractivity contribution is 0.102. The number of anilines is 2. The van der Waals surface area contributed by atoms with E-state index >= 15 is 0 Å². The lowest BCUT2D eigenvalue weighted by atomic mass is 10.2. The second-order valence-electron chi connectivity index (χ2n) is 7.40. The van der Waals surface area contributed by atoms with Gasteiger partial charge in [0.25, 0.3) is 5.91 Å². The number of nitrogens with zero attached hydrogens (tertiary/aromatic N) is 2. The molecule has 0 bridgehead atoms. The SMILES string of the molecule is Cc1ccc(NC(=O)c2sccc2S(=O)(=O)N2CCN(c3cccc(Cl)c3)CC2)cc1F. The van der Waals surface area contributed by atoms with Gasteiger partial charge in [0.05, 0.1) is 0 Å². The van der Waals surface area contributed by atoms with E-state index in [-0.39, 0.29) is 28.5 Å². The number of carbonyl (C=O) groups excluding carboxylic acids is 1. The molecule has 0 radical (unpaired) electrons. The van der Waals surface area contributed by atoms with Crippen LogP contribution in [-0.2, 0) is 10.0 Å². The summed E-state index contributed by atoms with van der Waals surface area (Å²) in [6, 6.07) is 13.2. The van der Waals surface area contributed by atoms with E-state index < -0.39 is 21.7 Å². The summed E-state index contributed by atoms with van der Waals surface area (Å²) in [6.45, 7) is 3.21. The number of sulfonamides is 1. The molecule has 1 aliphatic rings. The molecule has 10 heteroatoms. The van der Waals surface area contributed by atoms with Gasteiger partial charge in [-0.05, 0) is 54.3 Å². The van der Waals surface area contributed by atoms with Crippen molar-refractivity contribution in [2.75, 3.05) is 36.4 Å². The fraction of sp³-hybridized carbons (Fsp3) is 0.227. The average molecular weight is 494 g/mol. The molecule has 1 saturated heterocycles. The Morgan fingerprint density at radius 3 is 2.53 bits per heavy atom. The molecule has 0 aliphatic carbocycles. The van der Waals surface area contributed by atoms with E-state index in [1.807, 2.05) is 18.2 Å². The van der Waals surface area contributed by atoms with E-state index in [1.165, 1.54) is 16.4 Å². The molecule has 32 heavy (non-hydrogen) atoms. The predicted molar refractivity (Wildman–Crippen MR) is 126 cm³/mol. The maximum Gasteiger partial charge on any atom is 0.267 e. The van der Waals surface area contributed by atoms with Gasteiger partial charge >= 0.3 is 0 Å². The zero-order valence-corrected chi connectivity index (χ0v) is 19.6. The van der Waals surface area contributed by atoms with Gasteiger partial charge in [0.1, 0.15) is 15.6 Å². The molecule has 4 rings (SSSR count). The van der Waals surface area contributed by atoms with Gasteiger partial charge in [-0.3, -0.25) is 4.79 Å². The molecule has 0 saturated carbocycles. The minimum Gasteiger partial charge on any atom is -0.369 e. The lowest BCUT2D eigenvalue weighted by Gasteiger charge is -2.35. The number of halogens is 2. The number of nitrogens with one attached hydrogen (secondary N) is 1. The summed E-state index contributed by atoms with van der Waals surface area (Å²) in [5.74, 6) is -1.03. The van der Waals surface area contributed by atoms with Gasteiger partial charge < -0.3 is 10.2 Å².